The van der Waals surface area contributed by atoms with E-state index in [4.69, 9.17) is 11.6 Å². The maximum Gasteiger partial charge on any atom is 0.229 e. The maximum atomic E-state index is 12.5. The second-order valence-corrected chi connectivity index (χ2v) is 7.18. The van der Waals surface area contributed by atoms with Crippen molar-refractivity contribution in [2.24, 2.45) is 5.92 Å². The third-order valence-electron chi connectivity index (χ3n) is 4.73. The molecular formula is C21H21ClN2O3. The summed E-state index contributed by atoms with van der Waals surface area (Å²) >= 11 is 5.88. The summed E-state index contributed by atoms with van der Waals surface area (Å²) in [5.41, 5.74) is 2.32. The molecule has 5 nitrogen and oxygen atoms in total. The highest BCUT2D eigenvalue weighted by atomic mass is 35.5. The normalized spacial score (nSPS) is 16.4. The average Bonchev–Trinajstić information content (AvgIpc) is 3.03. The van der Waals surface area contributed by atoms with Gasteiger partial charge in [-0.15, -0.1) is 0 Å². The van der Waals surface area contributed by atoms with Crippen molar-refractivity contribution < 1.29 is 14.4 Å². The van der Waals surface area contributed by atoms with E-state index in [0.717, 1.165) is 12.0 Å². The second-order valence-electron chi connectivity index (χ2n) is 6.74. The van der Waals surface area contributed by atoms with Crippen LogP contribution in [0.2, 0.25) is 5.02 Å². The summed E-state index contributed by atoms with van der Waals surface area (Å²) < 4.78 is 0. The Bertz CT molecular complexity index is 847. The van der Waals surface area contributed by atoms with Gasteiger partial charge < -0.3 is 10.2 Å². The lowest BCUT2D eigenvalue weighted by Gasteiger charge is -2.16. The summed E-state index contributed by atoms with van der Waals surface area (Å²) in [6.07, 6.45) is 0.946. The number of ketones is 1. The number of anilines is 1. The molecule has 1 N–H and O–H groups in total. The fourth-order valence-corrected chi connectivity index (χ4v) is 3.24. The standard InChI is InChI=1S/C21H21ClN2O3/c1-14(25)16-4-8-19(9-5-16)23-21(27)17-12-20(26)24(13-17)11-10-15-2-6-18(22)7-3-15/h2-9,17H,10-13H2,1H3,(H,23,27). The van der Waals surface area contributed by atoms with Gasteiger partial charge in [0.15, 0.2) is 5.78 Å². The predicted octanol–water partition coefficient (Wildman–Crippen LogP) is 3.57. The van der Waals surface area contributed by atoms with Crippen molar-refractivity contribution in [2.45, 2.75) is 19.8 Å². The molecule has 2 amide bonds. The quantitative estimate of drug-likeness (QED) is 0.774. The van der Waals surface area contributed by atoms with Gasteiger partial charge in [0.05, 0.1) is 5.92 Å². The zero-order valence-corrected chi connectivity index (χ0v) is 15.8. The van der Waals surface area contributed by atoms with E-state index in [0.29, 0.717) is 29.4 Å². The van der Waals surface area contributed by atoms with Crippen molar-refractivity contribution in [2.75, 3.05) is 18.4 Å². The average molecular weight is 385 g/mol. The van der Waals surface area contributed by atoms with Crippen LogP contribution in [0.15, 0.2) is 48.5 Å². The summed E-state index contributed by atoms with van der Waals surface area (Å²) in [4.78, 5) is 37.7. The molecule has 1 aliphatic rings. The molecule has 3 rings (SSSR count). The molecule has 2 aromatic carbocycles. The van der Waals surface area contributed by atoms with Crippen LogP contribution < -0.4 is 5.32 Å². The number of carbonyl (C=O) groups excluding carboxylic acids is 3. The molecule has 27 heavy (non-hydrogen) atoms. The Morgan fingerprint density at radius 2 is 1.78 bits per heavy atom. The zero-order chi connectivity index (χ0) is 19.4. The van der Waals surface area contributed by atoms with Crippen molar-refractivity contribution in [1.29, 1.82) is 0 Å². The molecule has 0 radical (unpaired) electrons. The smallest absolute Gasteiger partial charge is 0.229 e. The number of rotatable bonds is 6. The largest absolute Gasteiger partial charge is 0.342 e. The number of likely N-dealkylation sites (tertiary alicyclic amines) is 1. The molecule has 2 aromatic rings. The van der Waals surface area contributed by atoms with Gasteiger partial charge in [0, 0.05) is 35.8 Å². The molecule has 0 spiro atoms. The topological polar surface area (TPSA) is 66.5 Å². The first kappa shape index (κ1) is 19.1. The minimum atomic E-state index is -0.366. The van der Waals surface area contributed by atoms with Gasteiger partial charge in [-0.05, 0) is 55.3 Å². The third kappa shape index (κ3) is 4.95. The van der Waals surface area contributed by atoms with Gasteiger partial charge in [-0.1, -0.05) is 23.7 Å². The Morgan fingerprint density at radius 3 is 2.41 bits per heavy atom. The van der Waals surface area contributed by atoms with Crippen molar-refractivity contribution in [3.63, 3.8) is 0 Å². The van der Waals surface area contributed by atoms with Crippen LogP contribution >= 0.6 is 11.6 Å². The molecule has 140 valence electrons. The summed E-state index contributed by atoms with van der Waals surface area (Å²) in [5.74, 6) is -0.565. The summed E-state index contributed by atoms with van der Waals surface area (Å²) in [6.45, 7) is 2.50. The SMILES string of the molecule is CC(=O)c1ccc(NC(=O)C2CC(=O)N(CCc3ccc(Cl)cc3)C2)cc1. The molecule has 1 atom stereocenters. The Balaban J connectivity index is 1.53. The highest BCUT2D eigenvalue weighted by molar-refractivity contribution is 6.30. The molecule has 0 aliphatic carbocycles. The maximum absolute atomic E-state index is 12.5. The molecule has 6 heteroatoms. The van der Waals surface area contributed by atoms with Gasteiger partial charge in [-0.3, -0.25) is 14.4 Å². The summed E-state index contributed by atoms with van der Waals surface area (Å²) in [6, 6.07) is 14.3. The number of nitrogens with one attached hydrogen (secondary N) is 1. The molecular weight excluding hydrogens is 364 g/mol. The van der Waals surface area contributed by atoms with Crippen molar-refractivity contribution in [1.82, 2.24) is 4.90 Å². The van der Waals surface area contributed by atoms with Crippen LogP contribution in [-0.2, 0) is 16.0 Å². The van der Waals surface area contributed by atoms with Crippen LogP contribution in [0.4, 0.5) is 5.69 Å². The van der Waals surface area contributed by atoms with Crippen LogP contribution in [-0.4, -0.2) is 35.6 Å². The number of halogens is 1. The van der Waals surface area contributed by atoms with E-state index >= 15 is 0 Å². The van der Waals surface area contributed by atoms with E-state index in [1.807, 2.05) is 24.3 Å². The first-order chi connectivity index (χ1) is 12.9. The number of carbonyl (C=O) groups is 3. The monoisotopic (exact) mass is 384 g/mol. The number of hydrogen-bond acceptors (Lipinski definition) is 3. The van der Waals surface area contributed by atoms with Gasteiger partial charge in [0.1, 0.15) is 0 Å². The lowest BCUT2D eigenvalue weighted by Crippen LogP contribution is -2.30. The van der Waals surface area contributed by atoms with Crippen LogP contribution in [0.25, 0.3) is 0 Å². The summed E-state index contributed by atoms with van der Waals surface area (Å²) in [7, 11) is 0. The van der Waals surface area contributed by atoms with Gasteiger partial charge >= 0.3 is 0 Å². The first-order valence-electron chi connectivity index (χ1n) is 8.86. The molecule has 1 unspecified atom stereocenters. The number of amides is 2. The van der Waals surface area contributed by atoms with Crippen molar-refractivity contribution in [3.8, 4) is 0 Å². The molecule has 1 fully saturated rings. The molecule has 1 aliphatic heterocycles. The molecule has 1 saturated heterocycles. The van der Waals surface area contributed by atoms with Crippen LogP contribution in [0.5, 0.6) is 0 Å². The lowest BCUT2D eigenvalue weighted by molar-refractivity contribution is -0.128. The number of nitrogens with zero attached hydrogens (tertiary/aromatic N) is 1. The predicted molar refractivity (Wildman–Crippen MR) is 105 cm³/mol. The van der Waals surface area contributed by atoms with Crippen LogP contribution in [0.1, 0.15) is 29.3 Å². The molecule has 0 aromatic heterocycles. The van der Waals surface area contributed by atoms with E-state index < -0.39 is 0 Å². The number of benzene rings is 2. The lowest BCUT2D eigenvalue weighted by atomic mass is 10.1. The minimum Gasteiger partial charge on any atom is -0.342 e. The first-order valence-corrected chi connectivity index (χ1v) is 9.24. The van der Waals surface area contributed by atoms with Crippen molar-refractivity contribution >= 4 is 34.9 Å². The van der Waals surface area contributed by atoms with Gasteiger partial charge in [-0.25, -0.2) is 0 Å². The highest BCUT2D eigenvalue weighted by Gasteiger charge is 2.34. The fourth-order valence-electron chi connectivity index (χ4n) is 3.11. The second kappa shape index (κ2) is 8.35. The van der Waals surface area contributed by atoms with Gasteiger partial charge in [0.2, 0.25) is 11.8 Å². The van der Waals surface area contributed by atoms with Crippen molar-refractivity contribution in [3.05, 3.63) is 64.7 Å². The Hall–Kier alpha value is -2.66. The highest BCUT2D eigenvalue weighted by Crippen LogP contribution is 2.21. The van der Waals surface area contributed by atoms with E-state index in [2.05, 4.69) is 5.32 Å². The third-order valence-corrected chi connectivity index (χ3v) is 4.98. The molecule has 0 saturated carbocycles. The molecule has 1 heterocycles. The van der Waals surface area contributed by atoms with Crippen LogP contribution in [0.3, 0.4) is 0 Å². The molecule has 0 bridgehead atoms. The minimum absolute atomic E-state index is 0.00367. The van der Waals surface area contributed by atoms with E-state index in [1.165, 1.54) is 6.92 Å². The van der Waals surface area contributed by atoms with E-state index in [1.54, 1.807) is 29.2 Å². The summed E-state index contributed by atoms with van der Waals surface area (Å²) in [5, 5.41) is 3.51. The van der Waals surface area contributed by atoms with Crippen LogP contribution in [0, 0.1) is 5.92 Å². The number of Topliss-reactive ketones (excluding diaryl/α,β-unsaturated/α-hetero) is 1. The van der Waals surface area contributed by atoms with E-state index in [-0.39, 0.29) is 29.9 Å². The Morgan fingerprint density at radius 1 is 1.11 bits per heavy atom. The van der Waals surface area contributed by atoms with Gasteiger partial charge in [0.25, 0.3) is 0 Å². The zero-order valence-electron chi connectivity index (χ0n) is 15.1. The number of hydrogen-bond donors (Lipinski definition) is 1. The Labute approximate surface area is 163 Å². The fraction of sp³-hybridized carbons (Fsp3) is 0.286. The van der Waals surface area contributed by atoms with Gasteiger partial charge in [-0.2, -0.15) is 0 Å². The Kier molecular flexibility index (Phi) is 5.91. The van der Waals surface area contributed by atoms with E-state index in [9.17, 15) is 14.4 Å².